The van der Waals surface area contributed by atoms with E-state index in [1.165, 1.54) is 5.56 Å². The van der Waals surface area contributed by atoms with Crippen LogP contribution in [0.1, 0.15) is 18.1 Å². The van der Waals surface area contributed by atoms with E-state index in [2.05, 4.69) is 61.6 Å². The molecule has 1 aromatic carbocycles. The van der Waals surface area contributed by atoms with Crippen LogP contribution >= 0.6 is 35.6 Å². The molecular weight excluding hydrogens is 511 g/mol. The number of benzene rings is 1. The molecule has 6 nitrogen and oxygen atoms in total. The first-order valence-corrected chi connectivity index (χ1v) is 10.7. The Morgan fingerprint density at radius 3 is 2.33 bits per heavy atom. The van der Waals surface area contributed by atoms with Crippen molar-refractivity contribution in [1.29, 1.82) is 0 Å². The third kappa shape index (κ3) is 7.59. The summed E-state index contributed by atoms with van der Waals surface area (Å²) in [6.45, 7) is 9.15. The van der Waals surface area contributed by atoms with E-state index >= 15 is 0 Å². The molecule has 0 spiro atoms. The van der Waals surface area contributed by atoms with Gasteiger partial charge >= 0.3 is 0 Å². The summed E-state index contributed by atoms with van der Waals surface area (Å²) in [4.78, 5) is 13.8. The molecule has 0 radical (unpaired) electrons. The fourth-order valence-corrected chi connectivity index (χ4v) is 3.51. The van der Waals surface area contributed by atoms with Gasteiger partial charge in [-0.05, 0) is 42.3 Å². The van der Waals surface area contributed by atoms with Gasteiger partial charge in [0.05, 0.1) is 0 Å². The zero-order chi connectivity index (χ0) is 20.5. The van der Waals surface area contributed by atoms with Crippen LogP contribution in [0.2, 0.25) is 5.02 Å². The van der Waals surface area contributed by atoms with Crippen LogP contribution in [-0.2, 0) is 13.0 Å². The van der Waals surface area contributed by atoms with E-state index in [-0.39, 0.29) is 24.0 Å². The van der Waals surface area contributed by atoms with Crippen LogP contribution in [0.25, 0.3) is 0 Å². The zero-order valence-corrected chi connectivity index (χ0v) is 20.9. The molecule has 8 heteroatoms. The molecule has 1 fully saturated rings. The van der Waals surface area contributed by atoms with Crippen LogP contribution in [-0.4, -0.2) is 62.2 Å². The first kappa shape index (κ1) is 24.7. The van der Waals surface area contributed by atoms with Crippen molar-refractivity contribution >= 4 is 47.4 Å². The summed E-state index contributed by atoms with van der Waals surface area (Å²) >= 11 is 5.93. The van der Waals surface area contributed by atoms with E-state index < -0.39 is 0 Å². The number of nitrogens with zero attached hydrogens (tertiary/aromatic N) is 4. The molecule has 0 unspecified atom stereocenters. The van der Waals surface area contributed by atoms with E-state index in [0.29, 0.717) is 6.54 Å². The molecule has 1 aliphatic heterocycles. The number of hydrogen-bond acceptors (Lipinski definition) is 4. The minimum absolute atomic E-state index is 0. The molecule has 1 saturated heterocycles. The number of pyridine rings is 1. The van der Waals surface area contributed by atoms with Crippen molar-refractivity contribution in [3.63, 3.8) is 0 Å². The molecule has 164 valence electrons. The highest BCUT2D eigenvalue weighted by molar-refractivity contribution is 14.0. The zero-order valence-electron chi connectivity index (χ0n) is 17.8. The number of rotatable bonds is 7. The summed E-state index contributed by atoms with van der Waals surface area (Å²) in [5.74, 6) is 1.86. The summed E-state index contributed by atoms with van der Waals surface area (Å²) in [5.41, 5.74) is 2.39. The number of likely N-dealkylation sites (N-methyl/N-ethyl adjacent to an activating group) is 1. The number of anilines is 1. The largest absolute Gasteiger partial charge is 0.356 e. The van der Waals surface area contributed by atoms with Crippen molar-refractivity contribution in [2.75, 3.05) is 51.2 Å². The number of nitrogens with one attached hydrogen (secondary N) is 2. The maximum absolute atomic E-state index is 5.93. The molecule has 30 heavy (non-hydrogen) atoms. The molecule has 0 saturated carbocycles. The maximum atomic E-state index is 5.93. The Morgan fingerprint density at radius 1 is 1.03 bits per heavy atom. The van der Waals surface area contributed by atoms with Gasteiger partial charge in [-0.1, -0.05) is 36.7 Å². The average Bonchev–Trinajstić information content (AvgIpc) is 2.78. The number of aromatic nitrogens is 1. The summed E-state index contributed by atoms with van der Waals surface area (Å²) in [5, 5.41) is 7.46. The molecule has 1 aromatic heterocycles. The SMILES string of the molecule is CCN1CCN(c2ccc(CNC(=NC)NCCc3ccc(Cl)cc3)cn2)CC1.I. The van der Waals surface area contributed by atoms with Gasteiger partial charge in [-0.15, -0.1) is 24.0 Å². The molecule has 0 amide bonds. The van der Waals surface area contributed by atoms with Crippen LogP contribution in [0.3, 0.4) is 0 Å². The third-order valence-electron chi connectivity index (χ3n) is 5.26. The van der Waals surface area contributed by atoms with Crippen LogP contribution in [0.15, 0.2) is 47.6 Å². The lowest BCUT2D eigenvalue weighted by atomic mass is 10.1. The van der Waals surface area contributed by atoms with Crippen molar-refractivity contribution in [3.8, 4) is 0 Å². The first-order valence-electron chi connectivity index (χ1n) is 10.3. The van der Waals surface area contributed by atoms with E-state index in [0.717, 1.165) is 68.1 Å². The van der Waals surface area contributed by atoms with Gasteiger partial charge in [0.25, 0.3) is 0 Å². The number of guanidine groups is 1. The van der Waals surface area contributed by atoms with E-state index in [9.17, 15) is 0 Å². The molecule has 0 atom stereocenters. The van der Waals surface area contributed by atoms with Gasteiger partial charge in [-0.3, -0.25) is 4.99 Å². The molecule has 3 rings (SSSR count). The van der Waals surface area contributed by atoms with Crippen molar-refractivity contribution < 1.29 is 0 Å². The molecule has 2 heterocycles. The molecule has 2 aromatic rings. The van der Waals surface area contributed by atoms with Gasteiger partial charge in [0.2, 0.25) is 0 Å². The second kappa shape index (κ2) is 13.0. The molecule has 2 N–H and O–H groups in total. The third-order valence-corrected chi connectivity index (χ3v) is 5.51. The van der Waals surface area contributed by atoms with Crippen molar-refractivity contribution in [2.45, 2.75) is 19.9 Å². The predicted octanol–water partition coefficient (Wildman–Crippen LogP) is 3.40. The lowest BCUT2D eigenvalue weighted by Gasteiger charge is -2.34. The average molecular weight is 543 g/mol. The minimum atomic E-state index is 0. The van der Waals surface area contributed by atoms with Gasteiger partial charge in [-0.25, -0.2) is 4.98 Å². The van der Waals surface area contributed by atoms with Crippen molar-refractivity contribution in [1.82, 2.24) is 20.5 Å². The standard InChI is InChI=1S/C22H31ClN6.HI/c1-3-28-12-14-29(15-13-28)21-9-6-19(16-26-21)17-27-22(24-2)25-11-10-18-4-7-20(23)8-5-18;/h4-9,16H,3,10-15,17H2,1-2H3,(H2,24,25,27);1H. The summed E-state index contributed by atoms with van der Waals surface area (Å²) < 4.78 is 0. The van der Waals surface area contributed by atoms with Gasteiger partial charge in [0, 0.05) is 57.5 Å². The van der Waals surface area contributed by atoms with Gasteiger partial charge in [0.1, 0.15) is 5.82 Å². The van der Waals surface area contributed by atoms with Crippen LogP contribution < -0.4 is 15.5 Å². The van der Waals surface area contributed by atoms with Crippen LogP contribution in [0.5, 0.6) is 0 Å². The monoisotopic (exact) mass is 542 g/mol. The molecule has 0 bridgehead atoms. The predicted molar refractivity (Wildman–Crippen MR) is 137 cm³/mol. The summed E-state index contributed by atoms with van der Waals surface area (Å²) in [7, 11) is 1.79. The van der Waals surface area contributed by atoms with Crippen LogP contribution in [0.4, 0.5) is 5.82 Å². The first-order chi connectivity index (χ1) is 14.2. The number of aliphatic imine (C=N–C) groups is 1. The minimum Gasteiger partial charge on any atom is -0.356 e. The highest BCUT2D eigenvalue weighted by Crippen LogP contribution is 2.14. The quantitative estimate of drug-likeness (QED) is 0.319. The molecular formula is C22H32ClIN6. The number of hydrogen-bond donors (Lipinski definition) is 2. The number of piperazine rings is 1. The topological polar surface area (TPSA) is 55.8 Å². The van der Waals surface area contributed by atoms with Crippen molar-refractivity contribution in [3.05, 3.63) is 58.7 Å². The Labute approximate surface area is 202 Å². The van der Waals surface area contributed by atoms with Crippen LogP contribution in [0, 0.1) is 0 Å². The van der Waals surface area contributed by atoms with Gasteiger partial charge in [-0.2, -0.15) is 0 Å². The maximum Gasteiger partial charge on any atom is 0.191 e. The summed E-state index contributed by atoms with van der Waals surface area (Å²) in [6, 6.07) is 12.2. The second-order valence-electron chi connectivity index (χ2n) is 7.17. The fourth-order valence-electron chi connectivity index (χ4n) is 3.38. The lowest BCUT2D eigenvalue weighted by Crippen LogP contribution is -2.46. The van der Waals surface area contributed by atoms with Gasteiger partial charge < -0.3 is 20.4 Å². The Kier molecular flexibility index (Phi) is 10.7. The molecule has 0 aliphatic carbocycles. The smallest absolute Gasteiger partial charge is 0.191 e. The number of halogens is 2. The Balaban J connectivity index is 0.00000320. The van der Waals surface area contributed by atoms with E-state index in [1.54, 1.807) is 7.05 Å². The normalized spacial score (nSPS) is 14.9. The highest BCUT2D eigenvalue weighted by atomic mass is 127. The van der Waals surface area contributed by atoms with Gasteiger partial charge in [0.15, 0.2) is 5.96 Å². The summed E-state index contributed by atoms with van der Waals surface area (Å²) in [6.07, 6.45) is 2.87. The highest BCUT2D eigenvalue weighted by Gasteiger charge is 2.16. The second-order valence-corrected chi connectivity index (χ2v) is 7.61. The lowest BCUT2D eigenvalue weighted by molar-refractivity contribution is 0.270. The van der Waals surface area contributed by atoms with E-state index in [1.807, 2.05) is 18.3 Å². The van der Waals surface area contributed by atoms with E-state index in [4.69, 9.17) is 11.6 Å². The Hall–Kier alpha value is -1.58. The fraction of sp³-hybridized carbons (Fsp3) is 0.455. The van der Waals surface area contributed by atoms with Crippen molar-refractivity contribution in [2.24, 2.45) is 4.99 Å². The Bertz CT molecular complexity index is 773. The molecule has 1 aliphatic rings. The Morgan fingerprint density at radius 2 is 1.73 bits per heavy atom.